The largest absolute Gasteiger partial charge is 0.381 e. The molecule has 4 aromatic rings. The number of ketones is 1. The smallest absolute Gasteiger partial charge is 0.298 e. The molecule has 8 nitrogen and oxygen atoms in total. The summed E-state index contributed by atoms with van der Waals surface area (Å²) in [6.07, 6.45) is 4.57. The maximum Gasteiger partial charge on any atom is 0.298 e. The van der Waals surface area contributed by atoms with Crippen molar-refractivity contribution in [1.29, 1.82) is 0 Å². The maximum absolute atomic E-state index is 13.5. The van der Waals surface area contributed by atoms with Crippen LogP contribution in [0, 0.1) is 13.8 Å². The van der Waals surface area contributed by atoms with Crippen molar-refractivity contribution < 1.29 is 14.3 Å². The van der Waals surface area contributed by atoms with Crippen LogP contribution in [0.2, 0.25) is 0 Å². The molecule has 0 radical (unpaired) electrons. The molecule has 8 heteroatoms. The molecule has 2 saturated heterocycles. The van der Waals surface area contributed by atoms with Crippen molar-refractivity contribution in [1.82, 2.24) is 9.38 Å². The van der Waals surface area contributed by atoms with E-state index in [4.69, 9.17) is 9.72 Å². The summed E-state index contributed by atoms with van der Waals surface area (Å²) in [6.45, 7) is 9.18. The lowest BCUT2D eigenvalue weighted by molar-refractivity contribution is -0.112. The van der Waals surface area contributed by atoms with Gasteiger partial charge in [0.2, 0.25) is 0 Å². The number of rotatable bonds is 6. The van der Waals surface area contributed by atoms with Gasteiger partial charge in [-0.1, -0.05) is 6.07 Å². The van der Waals surface area contributed by atoms with E-state index in [1.807, 2.05) is 66.1 Å². The second-order valence-electron chi connectivity index (χ2n) is 11.1. The van der Waals surface area contributed by atoms with Crippen molar-refractivity contribution in [3.8, 4) is 0 Å². The lowest BCUT2D eigenvalue weighted by atomic mass is 9.90. The molecule has 1 aromatic carbocycles. The molecule has 0 bridgehead atoms. The summed E-state index contributed by atoms with van der Waals surface area (Å²) in [5.41, 5.74) is 6.28. The Morgan fingerprint density at radius 3 is 2.44 bits per heavy atom. The fourth-order valence-electron chi connectivity index (χ4n) is 6.14. The van der Waals surface area contributed by atoms with Crippen LogP contribution in [0.4, 0.5) is 17.2 Å². The third-order valence-electron chi connectivity index (χ3n) is 8.19. The second kappa shape index (κ2) is 11.7. The number of nitrogens with zero attached hydrogens (tertiary/aromatic N) is 4. The first kappa shape index (κ1) is 27.0. The van der Waals surface area contributed by atoms with Crippen molar-refractivity contribution >= 4 is 34.4 Å². The minimum absolute atomic E-state index is 0.199. The number of pyridine rings is 2. The van der Waals surface area contributed by atoms with Crippen molar-refractivity contribution in [3.63, 3.8) is 0 Å². The summed E-state index contributed by atoms with van der Waals surface area (Å²) >= 11 is 0. The van der Waals surface area contributed by atoms with E-state index in [9.17, 15) is 9.59 Å². The number of carbonyl (C=O) groups excluding carboxylic acids is 2. The zero-order valence-electron chi connectivity index (χ0n) is 23.8. The van der Waals surface area contributed by atoms with E-state index < -0.39 is 11.7 Å². The minimum Gasteiger partial charge on any atom is -0.381 e. The summed E-state index contributed by atoms with van der Waals surface area (Å²) in [7, 11) is 0. The predicted molar refractivity (Wildman–Crippen MR) is 162 cm³/mol. The third kappa shape index (κ3) is 5.84. The van der Waals surface area contributed by atoms with Crippen molar-refractivity contribution in [2.45, 2.75) is 39.0 Å². The number of nitrogens with one attached hydrogen (secondary N) is 1. The molecule has 1 N–H and O–H groups in total. The molecule has 41 heavy (non-hydrogen) atoms. The Morgan fingerprint density at radius 1 is 0.902 bits per heavy atom. The van der Waals surface area contributed by atoms with Gasteiger partial charge in [0.05, 0.1) is 0 Å². The van der Waals surface area contributed by atoms with Crippen LogP contribution in [-0.2, 0) is 9.53 Å². The van der Waals surface area contributed by atoms with E-state index in [2.05, 4.69) is 34.2 Å². The normalized spacial score (nSPS) is 16.5. The van der Waals surface area contributed by atoms with E-state index >= 15 is 0 Å². The number of amides is 1. The van der Waals surface area contributed by atoms with Gasteiger partial charge in [-0.2, -0.15) is 0 Å². The highest BCUT2D eigenvalue weighted by atomic mass is 16.5. The van der Waals surface area contributed by atoms with E-state index in [1.54, 1.807) is 0 Å². The Hall–Kier alpha value is -4.17. The fraction of sp³-hybridized carbons (Fsp3) is 0.364. The van der Waals surface area contributed by atoms with Crippen LogP contribution in [0.15, 0.2) is 66.9 Å². The quantitative estimate of drug-likeness (QED) is 0.256. The molecule has 212 valence electrons. The molecule has 6 rings (SSSR count). The monoisotopic (exact) mass is 551 g/mol. The van der Waals surface area contributed by atoms with Crippen LogP contribution < -0.4 is 15.1 Å². The van der Waals surface area contributed by atoms with Gasteiger partial charge in [-0.25, -0.2) is 4.98 Å². The number of aryl methyl sites for hydroxylation is 2. The van der Waals surface area contributed by atoms with Crippen LogP contribution in [0.1, 0.15) is 52.5 Å². The molecular weight excluding hydrogens is 514 g/mol. The molecule has 0 spiro atoms. The van der Waals surface area contributed by atoms with Gasteiger partial charge in [0.15, 0.2) is 0 Å². The highest BCUT2D eigenvalue weighted by Gasteiger charge is 2.29. The molecule has 0 unspecified atom stereocenters. The Bertz CT molecular complexity index is 1530. The average molecular weight is 552 g/mol. The Morgan fingerprint density at radius 2 is 1.66 bits per heavy atom. The lowest BCUT2D eigenvalue weighted by Gasteiger charge is -2.25. The van der Waals surface area contributed by atoms with Gasteiger partial charge >= 0.3 is 0 Å². The zero-order valence-corrected chi connectivity index (χ0v) is 23.8. The molecule has 0 saturated carbocycles. The Balaban J connectivity index is 1.14. The number of hydrogen-bond donors (Lipinski definition) is 1. The Kier molecular flexibility index (Phi) is 7.74. The van der Waals surface area contributed by atoms with E-state index in [-0.39, 0.29) is 5.92 Å². The van der Waals surface area contributed by atoms with Crippen LogP contribution in [0.3, 0.4) is 0 Å². The number of Topliss-reactive ketones (excluding diaryl/α,β-unsaturated/α-hetero) is 1. The van der Waals surface area contributed by atoms with Crippen molar-refractivity contribution in [3.05, 3.63) is 89.4 Å². The summed E-state index contributed by atoms with van der Waals surface area (Å²) < 4.78 is 7.38. The molecule has 2 aliphatic heterocycles. The van der Waals surface area contributed by atoms with Gasteiger partial charge in [0.1, 0.15) is 11.5 Å². The molecule has 0 atom stereocenters. The molecule has 0 aliphatic carbocycles. The molecule has 3 aromatic heterocycles. The highest BCUT2D eigenvalue weighted by Crippen LogP contribution is 2.32. The van der Waals surface area contributed by atoms with Gasteiger partial charge in [0, 0.05) is 68.2 Å². The van der Waals surface area contributed by atoms with Crippen LogP contribution in [0.5, 0.6) is 0 Å². The number of fused-ring (bicyclic) bond motifs is 1. The zero-order chi connectivity index (χ0) is 28.3. The number of carbonyl (C=O) groups is 2. The molecule has 5 heterocycles. The topological polar surface area (TPSA) is 79.2 Å². The summed E-state index contributed by atoms with van der Waals surface area (Å²) in [5, 5.41) is 2.84. The molecule has 2 aliphatic rings. The first-order valence-corrected chi connectivity index (χ1v) is 14.5. The van der Waals surface area contributed by atoms with Gasteiger partial charge in [-0.3, -0.25) is 9.59 Å². The predicted octanol–water partition coefficient (Wildman–Crippen LogP) is 5.38. The first-order chi connectivity index (χ1) is 20.0. The van der Waals surface area contributed by atoms with Gasteiger partial charge < -0.3 is 24.3 Å². The standard InChI is InChI=1S/C33H37N5O3/c1-23-20-24(2)34-30(21-23)37-14-5-13-36(16-17-37)27-9-7-26(8-10-27)35-33(40)32(39)31-29(25-11-18-41-19-12-25)22-28-6-3-4-15-38(28)31/h3-4,6-10,15,20-22,25H,5,11-14,16-19H2,1-2H3,(H,35,40). The van der Waals surface area contributed by atoms with Crippen LogP contribution >= 0.6 is 0 Å². The molecule has 1 amide bonds. The number of benzene rings is 1. The SMILES string of the molecule is Cc1cc(C)nc(N2CCCN(c3ccc(NC(=O)C(=O)c4c(C5CCOCC5)cc5ccccn45)cc3)CC2)c1. The molecule has 2 fully saturated rings. The summed E-state index contributed by atoms with van der Waals surface area (Å²) in [5.74, 6) is 0.100. The minimum atomic E-state index is -0.624. The first-order valence-electron chi connectivity index (χ1n) is 14.5. The number of aromatic nitrogens is 2. The van der Waals surface area contributed by atoms with Gasteiger partial charge in [0.25, 0.3) is 11.7 Å². The highest BCUT2D eigenvalue weighted by molar-refractivity contribution is 6.46. The fourth-order valence-corrected chi connectivity index (χ4v) is 6.14. The lowest BCUT2D eigenvalue weighted by Crippen LogP contribution is -2.31. The third-order valence-corrected chi connectivity index (χ3v) is 8.19. The second-order valence-corrected chi connectivity index (χ2v) is 11.1. The van der Waals surface area contributed by atoms with Crippen molar-refractivity contribution in [2.75, 3.05) is 54.5 Å². The maximum atomic E-state index is 13.5. The summed E-state index contributed by atoms with van der Waals surface area (Å²) in [4.78, 5) is 36.2. The van der Waals surface area contributed by atoms with E-state index in [0.717, 1.165) is 73.7 Å². The van der Waals surface area contributed by atoms with E-state index in [1.165, 1.54) is 5.56 Å². The molecular formula is C33H37N5O3. The number of anilines is 3. The van der Waals surface area contributed by atoms with Crippen LogP contribution in [0.25, 0.3) is 5.52 Å². The van der Waals surface area contributed by atoms with Gasteiger partial charge in [-0.15, -0.1) is 0 Å². The van der Waals surface area contributed by atoms with Crippen LogP contribution in [-0.4, -0.2) is 60.5 Å². The number of ether oxygens (including phenoxy) is 1. The Labute approximate surface area is 240 Å². The van der Waals surface area contributed by atoms with Gasteiger partial charge in [-0.05, 0) is 105 Å². The van der Waals surface area contributed by atoms with E-state index in [0.29, 0.717) is 24.6 Å². The summed E-state index contributed by atoms with van der Waals surface area (Å²) in [6, 6.07) is 19.9. The van der Waals surface area contributed by atoms with Crippen molar-refractivity contribution in [2.24, 2.45) is 0 Å². The number of hydrogen-bond acceptors (Lipinski definition) is 6. The average Bonchev–Trinajstić information content (AvgIpc) is 3.19.